The molecule has 0 spiro atoms. The van der Waals surface area contributed by atoms with Crippen LogP contribution in [0.3, 0.4) is 0 Å². The molecular weight excluding hydrogens is 226 g/mol. The maximum Gasteiger partial charge on any atom is 0.225 e. The number of nitrogens with one attached hydrogen (secondary N) is 1. The zero-order chi connectivity index (χ0) is 11.5. The van der Waals surface area contributed by atoms with Crippen molar-refractivity contribution in [2.24, 2.45) is 5.41 Å². The summed E-state index contributed by atoms with van der Waals surface area (Å²) in [6, 6.07) is 2.12. The summed E-state index contributed by atoms with van der Waals surface area (Å²) in [5.41, 5.74) is -0.306. The second kappa shape index (κ2) is 5.03. The summed E-state index contributed by atoms with van der Waals surface area (Å²) < 4.78 is 0. The van der Waals surface area contributed by atoms with Crippen LogP contribution in [0.15, 0.2) is 16.3 Å². The molecule has 15 heavy (non-hydrogen) atoms. The predicted octanol–water partition coefficient (Wildman–Crippen LogP) is 3.13. The molecule has 1 N–H and O–H groups in total. The van der Waals surface area contributed by atoms with E-state index in [1.54, 1.807) is 23.1 Å². The van der Waals surface area contributed by atoms with Crippen LogP contribution in [0.5, 0.6) is 0 Å². The van der Waals surface area contributed by atoms with Crippen LogP contribution in [0.25, 0.3) is 0 Å². The average Bonchev–Trinajstić information content (AvgIpc) is 2.60. The minimum Gasteiger partial charge on any atom is -0.351 e. The third kappa shape index (κ3) is 3.87. The minimum absolute atomic E-state index is 0.0987. The van der Waals surface area contributed by atoms with Gasteiger partial charge in [-0.3, -0.25) is 4.79 Å². The van der Waals surface area contributed by atoms with Crippen LogP contribution in [0.4, 0.5) is 0 Å². The molecule has 0 aliphatic carbocycles. The Bertz CT molecular complexity index is 339. The number of rotatable bonds is 3. The second-order valence-electron chi connectivity index (χ2n) is 4.39. The molecule has 1 aromatic heterocycles. The molecule has 0 unspecified atom stereocenters. The molecule has 0 atom stereocenters. The Balaban J connectivity index is 2.47. The molecule has 0 aromatic carbocycles. The molecule has 0 radical (unpaired) electrons. The molecule has 0 saturated heterocycles. The van der Waals surface area contributed by atoms with Gasteiger partial charge in [0.15, 0.2) is 0 Å². The van der Waals surface area contributed by atoms with Crippen molar-refractivity contribution >= 4 is 29.0 Å². The van der Waals surface area contributed by atoms with Gasteiger partial charge in [-0.15, -0.1) is 23.1 Å². The van der Waals surface area contributed by atoms with Crippen LogP contribution in [0, 0.1) is 5.41 Å². The van der Waals surface area contributed by atoms with Gasteiger partial charge < -0.3 is 5.32 Å². The number of hydrogen-bond donors (Lipinski definition) is 1. The first kappa shape index (κ1) is 12.6. The lowest BCUT2D eigenvalue weighted by Crippen LogP contribution is -2.34. The number of thioether (sulfide) groups is 1. The van der Waals surface area contributed by atoms with Crippen LogP contribution >= 0.6 is 23.1 Å². The van der Waals surface area contributed by atoms with E-state index in [0.717, 1.165) is 0 Å². The van der Waals surface area contributed by atoms with Gasteiger partial charge in [-0.1, -0.05) is 20.8 Å². The highest BCUT2D eigenvalue weighted by molar-refractivity contribution is 7.98. The first-order chi connectivity index (χ1) is 6.93. The van der Waals surface area contributed by atoms with Crippen molar-refractivity contribution in [3.8, 4) is 0 Å². The highest BCUT2D eigenvalue weighted by Crippen LogP contribution is 2.22. The molecule has 84 valence electrons. The summed E-state index contributed by atoms with van der Waals surface area (Å²) in [4.78, 5) is 14.1. The Morgan fingerprint density at radius 3 is 2.67 bits per heavy atom. The first-order valence-corrected chi connectivity index (χ1v) is 6.93. The van der Waals surface area contributed by atoms with Gasteiger partial charge in [0, 0.05) is 20.6 Å². The third-order valence-electron chi connectivity index (χ3n) is 1.97. The van der Waals surface area contributed by atoms with Crippen LogP contribution in [0.1, 0.15) is 25.6 Å². The maximum atomic E-state index is 11.6. The van der Waals surface area contributed by atoms with Gasteiger partial charge in [0.05, 0.1) is 6.54 Å². The van der Waals surface area contributed by atoms with Gasteiger partial charge >= 0.3 is 0 Å². The first-order valence-electron chi connectivity index (χ1n) is 4.83. The van der Waals surface area contributed by atoms with Gasteiger partial charge in [0.25, 0.3) is 0 Å². The van der Waals surface area contributed by atoms with E-state index in [1.165, 1.54) is 9.77 Å². The molecule has 0 bridgehead atoms. The van der Waals surface area contributed by atoms with Crippen LogP contribution in [0.2, 0.25) is 0 Å². The van der Waals surface area contributed by atoms with E-state index in [1.807, 2.05) is 20.8 Å². The molecule has 1 amide bonds. The Kier molecular flexibility index (Phi) is 4.22. The fourth-order valence-corrected chi connectivity index (χ4v) is 2.54. The van der Waals surface area contributed by atoms with E-state index in [4.69, 9.17) is 0 Å². The SMILES string of the molecule is CSc1csc(CNC(=O)C(C)(C)C)c1. The molecule has 0 aliphatic rings. The molecule has 1 rings (SSSR count). The zero-order valence-corrected chi connectivity index (χ0v) is 11.2. The van der Waals surface area contributed by atoms with Crippen molar-refractivity contribution in [3.63, 3.8) is 0 Å². The summed E-state index contributed by atoms with van der Waals surface area (Å²) in [6.45, 7) is 6.40. The fourth-order valence-electron chi connectivity index (χ4n) is 0.993. The highest BCUT2D eigenvalue weighted by Gasteiger charge is 2.20. The van der Waals surface area contributed by atoms with Crippen molar-refractivity contribution in [1.82, 2.24) is 5.32 Å². The maximum absolute atomic E-state index is 11.6. The van der Waals surface area contributed by atoms with Crippen molar-refractivity contribution < 1.29 is 4.79 Å². The van der Waals surface area contributed by atoms with Gasteiger partial charge in [-0.05, 0) is 12.3 Å². The summed E-state index contributed by atoms with van der Waals surface area (Å²) in [5.74, 6) is 0.0987. The van der Waals surface area contributed by atoms with Crippen LogP contribution < -0.4 is 5.32 Å². The fraction of sp³-hybridized carbons (Fsp3) is 0.545. The van der Waals surface area contributed by atoms with Crippen LogP contribution in [-0.2, 0) is 11.3 Å². The van der Waals surface area contributed by atoms with E-state index in [9.17, 15) is 4.79 Å². The average molecular weight is 243 g/mol. The Morgan fingerprint density at radius 1 is 1.53 bits per heavy atom. The number of hydrogen-bond acceptors (Lipinski definition) is 3. The highest BCUT2D eigenvalue weighted by atomic mass is 32.2. The van der Waals surface area contributed by atoms with E-state index in [2.05, 4.69) is 23.0 Å². The standard InChI is InChI=1S/C11H17NOS2/c1-11(2,3)10(13)12-6-8-5-9(14-4)7-15-8/h5,7H,6H2,1-4H3,(H,12,13). The predicted molar refractivity (Wildman–Crippen MR) is 67.4 cm³/mol. The van der Waals surface area contributed by atoms with Gasteiger partial charge in [0.1, 0.15) is 0 Å². The molecule has 1 aromatic rings. The summed E-state index contributed by atoms with van der Waals surface area (Å²) in [7, 11) is 0. The topological polar surface area (TPSA) is 29.1 Å². The Labute approximate surface area is 99.5 Å². The summed E-state index contributed by atoms with van der Waals surface area (Å²) in [5, 5.41) is 5.05. The molecular formula is C11H17NOS2. The molecule has 0 saturated carbocycles. The summed E-state index contributed by atoms with van der Waals surface area (Å²) >= 11 is 3.42. The Morgan fingerprint density at radius 2 is 2.20 bits per heavy atom. The minimum atomic E-state index is -0.306. The smallest absolute Gasteiger partial charge is 0.225 e. The van der Waals surface area contributed by atoms with E-state index in [0.29, 0.717) is 6.54 Å². The number of thiophene rings is 1. The Hall–Kier alpha value is -0.480. The summed E-state index contributed by atoms with van der Waals surface area (Å²) in [6.07, 6.45) is 2.06. The monoisotopic (exact) mass is 243 g/mol. The van der Waals surface area contributed by atoms with Crippen molar-refractivity contribution in [2.45, 2.75) is 32.2 Å². The molecule has 1 heterocycles. The molecule has 0 fully saturated rings. The molecule has 4 heteroatoms. The van der Waals surface area contributed by atoms with Crippen molar-refractivity contribution in [2.75, 3.05) is 6.26 Å². The van der Waals surface area contributed by atoms with E-state index in [-0.39, 0.29) is 11.3 Å². The number of carbonyl (C=O) groups is 1. The van der Waals surface area contributed by atoms with Crippen molar-refractivity contribution in [1.29, 1.82) is 0 Å². The van der Waals surface area contributed by atoms with Gasteiger partial charge in [0.2, 0.25) is 5.91 Å². The lowest BCUT2D eigenvalue weighted by molar-refractivity contribution is -0.128. The third-order valence-corrected chi connectivity index (χ3v) is 3.76. The molecule has 2 nitrogen and oxygen atoms in total. The molecule has 0 aliphatic heterocycles. The van der Waals surface area contributed by atoms with Crippen molar-refractivity contribution in [3.05, 3.63) is 16.3 Å². The van der Waals surface area contributed by atoms with Crippen LogP contribution in [-0.4, -0.2) is 12.2 Å². The lowest BCUT2D eigenvalue weighted by atomic mass is 9.96. The zero-order valence-electron chi connectivity index (χ0n) is 9.59. The second-order valence-corrected chi connectivity index (χ2v) is 6.26. The van der Waals surface area contributed by atoms with E-state index >= 15 is 0 Å². The van der Waals surface area contributed by atoms with Gasteiger partial charge in [-0.25, -0.2) is 0 Å². The number of carbonyl (C=O) groups excluding carboxylic acids is 1. The van der Waals surface area contributed by atoms with E-state index < -0.39 is 0 Å². The largest absolute Gasteiger partial charge is 0.351 e. The number of amides is 1. The van der Waals surface area contributed by atoms with Gasteiger partial charge in [-0.2, -0.15) is 0 Å². The normalized spacial score (nSPS) is 11.5. The quantitative estimate of drug-likeness (QED) is 0.826. The lowest BCUT2D eigenvalue weighted by Gasteiger charge is -2.17.